The molecule has 0 unspecified atom stereocenters. The number of carbonyl (C=O) groups excluding carboxylic acids is 1. The molecule has 20 heavy (non-hydrogen) atoms. The number of hydrogen-bond donors (Lipinski definition) is 2. The third-order valence-corrected chi connectivity index (χ3v) is 3.21. The van der Waals surface area contributed by atoms with E-state index >= 15 is 0 Å². The average molecular weight is 320 g/mol. The zero-order valence-electron chi connectivity index (χ0n) is 10.9. The fraction of sp³-hybridized carbons (Fsp3) is 0.385. The molecule has 0 aliphatic rings. The molecule has 0 aliphatic heterocycles. The van der Waals surface area contributed by atoms with Crippen molar-refractivity contribution in [2.45, 2.75) is 19.3 Å². The maximum atomic E-state index is 12.0. The molecule has 0 saturated carbocycles. The smallest absolute Gasteiger partial charge is 0.303 e. The average Bonchev–Trinajstić information content (AvgIpc) is 2.39. The van der Waals surface area contributed by atoms with Crippen molar-refractivity contribution in [1.82, 2.24) is 5.32 Å². The van der Waals surface area contributed by atoms with Crippen LogP contribution < -0.4 is 10.1 Å². The molecule has 0 bridgehead atoms. The van der Waals surface area contributed by atoms with E-state index in [4.69, 9.17) is 33.0 Å². The first-order valence-corrected chi connectivity index (χ1v) is 6.75. The summed E-state index contributed by atoms with van der Waals surface area (Å²) in [6, 6.07) is 3.07. The van der Waals surface area contributed by atoms with Crippen LogP contribution in [0.1, 0.15) is 29.6 Å². The Balaban J connectivity index is 2.64. The standard InChI is InChI=1S/C13H15Cl2NO4/c1-20-12-9(15)6-5-8(14)11(12)13(19)16-7-3-2-4-10(17)18/h5-6H,2-4,7H2,1H3,(H,16,19)(H,17,18). The van der Waals surface area contributed by atoms with Gasteiger partial charge in [-0.05, 0) is 25.0 Å². The fourth-order valence-electron chi connectivity index (χ4n) is 1.64. The topological polar surface area (TPSA) is 75.6 Å². The number of benzene rings is 1. The Labute approximate surface area is 126 Å². The van der Waals surface area contributed by atoms with Gasteiger partial charge in [-0.15, -0.1) is 0 Å². The summed E-state index contributed by atoms with van der Waals surface area (Å²) in [4.78, 5) is 22.4. The van der Waals surface area contributed by atoms with Crippen LogP contribution in [0.4, 0.5) is 0 Å². The number of hydrogen-bond acceptors (Lipinski definition) is 3. The molecule has 0 aromatic heterocycles. The van der Waals surface area contributed by atoms with Crippen molar-refractivity contribution in [3.63, 3.8) is 0 Å². The van der Waals surface area contributed by atoms with Gasteiger partial charge in [0.05, 0.1) is 17.2 Å². The van der Waals surface area contributed by atoms with Gasteiger partial charge in [-0.3, -0.25) is 9.59 Å². The maximum absolute atomic E-state index is 12.0. The van der Waals surface area contributed by atoms with Crippen LogP contribution >= 0.6 is 23.2 Å². The molecular weight excluding hydrogens is 305 g/mol. The first-order chi connectivity index (χ1) is 9.47. The third-order valence-electron chi connectivity index (χ3n) is 2.59. The molecule has 0 atom stereocenters. The van der Waals surface area contributed by atoms with Crippen molar-refractivity contribution in [2.75, 3.05) is 13.7 Å². The lowest BCUT2D eigenvalue weighted by molar-refractivity contribution is -0.137. The van der Waals surface area contributed by atoms with Gasteiger partial charge in [0.25, 0.3) is 5.91 Å². The molecule has 5 nitrogen and oxygen atoms in total. The Morgan fingerprint density at radius 3 is 2.50 bits per heavy atom. The van der Waals surface area contributed by atoms with Crippen molar-refractivity contribution in [2.24, 2.45) is 0 Å². The van der Waals surface area contributed by atoms with E-state index in [0.29, 0.717) is 24.4 Å². The second kappa shape index (κ2) is 7.97. The molecule has 0 aliphatic carbocycles. The predicted molar refractivity (Wildman–Crippen MR) is 76.8 cm³/mol. The van der Waals surface area contributed by atoms with Crippen LogP contribution in [0, 0.1) is 0 Å². The van der Waals surface area contributed by atoms with E-state index in [1.165, 1.54) is 13.2 Å². The van der Waals surface area contributed by atoms with E-state index in [1.807, 2.05) is 0 Å². The largest absolute Gasteiger partial charge is 0.494 e. The summed E-state index contributed by atoms with van der Waals surface area (Å²) in [7, 11) is 1.40. The number of nitrogens with one attached hydrogen (secondary N) is 1. The van der Waals surface area contributed by atoms with Gasteiger partial charge in [0.15, 0.2) is 5.75 Å². The molecule has 1 amide bonds. The summed E-state index contributed by atoms with van der Waals surface area (Å²) in [6.07, 6.45) is 1.14. The second-order valence-electron chi connectivity index (χ2n) is 4.04. The number of aliphatic carboxylic acids is 1. The van der Waals surface area contributed by atoms with E-state index in [0.717, 1.165) is 0 Å². The summed E-state index contributed by atoms with van der Waals surface area (Å²) in [5, 5.41) is 11.7. The van der Waals surface area contributed by atoms with Crippen LogP contribution in [0.2, 0.25) is 10.0 Å². The molecule has 0 fully saturated rings. The van der Waals surface area contributed by atoms with Gasteiger partial charge in [0.1, 0.15) is 5.56 Å². The van der Waals surface area contributed by atoms with E-state index < -0.39 is 11.9 Å². The van der Waals surface area contributed by atoms with E-state index in [1.54, 1.807) is 6.07 Å². The lowest BCUT2D eigenvalue weighted by Crippen LogP contribution is -2.25. The van der Waals surface area contributed by atoms with Gasteiger partial charge in [0.2, 0.25) is 0 Å². The van der Waals surface area contributed by atoms with Crippen LogP contribution in [0.25, 0.3) is 0 Å². The molecule has 1 rings (SSSR count). The highest BCUT2D eigenvalue weighted by atomic mass is 35.5. The van der Waals surface area contributed by atoms with Crippen molar-refractivity contribution in [1.29, 1.82) is 0 Å². The summed E-state index contributed by atoms with van der Waals surface area (Å²) < 4.78 is 5.08. The minimum atomic E-state index is -0.851. The van der Waals surface area contributed by atoms with Crippen molar-refractivity contribution >= 4 is 35.1 Å². The number of unbranched alkanes of at least 4 members (excludes halogenated alkanes) is 1. The van der Waals surface area contributed by atoms with Crippen LogP contribution in [-0.2, 0) is 4.79 Å². The molecule has 0 spiro atoms. The SMILES string of the molecule is COc1c(Cl)ccc(Cl)c1C(=O)NCCCCC(=O)O. The van der Waals surface area contributed by atoms with E-state index in [2.05, 4.69) is 5.32 Å². The van der Waals surface area contributed by atoms with Gasteiger partial charge >= 0.3 is 5.97 Å². The molecule has 1 aromatic rings. The van der Waals surface area contributed by atoms with Crippen LogP contribution in [-0.4, -0.2) is 30.6 Å². The van der Waals surface area contributed by atoms with Crippen LogP contribution in [0.15, 0.2) is 12.1 Å². The minimum absolute atomic E-state index is 0.0805. The zero-order valence-corrected chi connectivity index (χ0v) is 12.4. The Morgan fingerprint density at radius 2 is 1.90 bits per heavy atom. The van der Waals surface area contributed by atoms with Gasteiger partial charge in [0, 0.05) is 13.0 Å². The van der Waals surface area contributed by atoms with Gasteiger partial charge in [-0.1, -0.05) is 23.2 Å². The summed E-state index contributed by atoms with van der Waals surface area (Å²) >= 11 is 11.9. The predicted octanol–water partition coefficient (Wildman–Crippen LogP) is 2.99. The van der Waals surface area contributed by atoms with Gasteiger partial charge in [-0.2, -0.15) is 0 Å². The highest BCUT2D eigenvalue weighted by molar-refractivity contribution is 6.37. The highest BCUT2D eigenvalue weighted by Gasteiger charge is 2.18. The van der Waals surface area contributed by atoms with Crippen molar-refractivity contribution in [3.8, 4) is 5.75 Å². The third kappa shape index (κ3) is 4.58. The molecule has 7 heteroatoms. The molecular formula is C13H15Cl2NO4. The number of ether oxygens (including phenoxy) is 1. The number of methoxy groups -OCH3 is 1. The highest BCUT2D eigenvalue weighted by Crippen LogP contribution is 2.33. The molecule has 1 aromatic carbocycles. The van der Waals surface area contributed by atoms with Gasteiger partial charge in [-0.25, -0.2) is 0 Å². The number of carboxylic acid groups (broad SMARTS) is 1. The summed E-state index contributed by atoms with van der Waals surface area (Å²) in [5.74, 6) is -1.03. The first kappa shape index (κ1) is 16.6. The Morgan fingerprint density at radius 1 is 1.25 bits per heavy atom. The number of carbonyl (C=O) groups is 2. The number of amides is 1. The van der Waals surface area contributed by atoms with E-state index in [9.17, 15) is 9.59 Å². The van der Waals surface area contributed by atoms with Crippen molar-refractivity contribution < 1.29 is 19.4 Å². The fourth-order valence-corrected chi connectivity index (χ4v) is 2.11. The Bertz CT molecular complexity index is 505. The molecule has 0 saturated heterocycles. The summed E-state index contributed by atoms with van der Waals surface area (Å²) in [6.45, 7) is 0.359. The lowest BCUT2D eigenvalue weighted by atomic mass is 10.1. The zero-order chi connectivity index (χ0) is 15.1. The van der Waals surface area contributed by atoms with Crippen LogP contribution in [0.5, 0.6) is 5.75 Å². The van der Waals surface area contributed by atoms with Crippen molar-refractivity contribution in [3.05, 3.63) is 27.7 Å². The molecule has 0 heterocycles. The first-order valence-electron chi connectivity index (χ1n) is 5.99. The Kier molecular flexibility index (Phi) is 6.61. The molecule has 2 N–H and O–H groups in total. The van der Waals surface area contributed by atoms with E-state index in [-0.39, 0.29) is 22.8 Å². The normalized spacial score (nSPS) is 10.2. The number of carboxylic acids is 1. The minimum Gasteiger partial charge on any atom is -0.494 e. The molecule has 110 valence electrons. The van der Waals surface area contributed by atoms with Gasteiger partial charge < -0.3 is 15.2 Å². The quantitative estimate of drug-likeness (QED) is 0.757. The molecule has 0 radical (unpaired) electrons. The maximum Gasteiger partial charge on any atom is 0.303 e. The lowest BCUT2D eigenvalue weighted by Gasteiger charge is -2.12. The van der Waals surface area contributed by atoms with Crippen LogP contribution in [0.3, 0.4) is 0 Å². The number of halogens is 2. The Hall–Kier alpha value is -1.46. The monoisotopic (exact) mass is 319 g/mol. The second-order valence-corrected chi connectivity index (χ2v) is 4.86. The number of rotatable bonds is 7. The summed E-state index contributed by atoms with van der Waals surface area (Å²) in [5.41, 5.74) is 0.180.